The molecular weight excluding hydrogens is 929 g/mol. The topological polar surface area (TPSA) is 38.9 Å². The third-order valence-corrected chi connectivity index (χ3v) is 14.6. The van der Waals surface area contributed by atoms with Gasteiger partial charge < -0.3 is 4.98 Å². The van der Waals surface area contributed by atoms with E-state index in [1.54, 1.807) is 23.6 Å². The van der Waals surface area contributed by atoms with Gasteiger partial charge in [-0.3, -0.25) is 0 Å². The largest absolute Gasteiger partial charge is 0.305 e. The fraction of sp³-hybridized carbons (Fsp3) is 0.184. The minimum atomic E-state index is -2.42. The minimum Gasteiger partial charge on any atom is -0.305 e. The van der Waals surface area contributed by atoms with Crippen LogP contribution in [0.25, 0.3) is 64.6 Å². The molecule has 5 aromatic carbocycles. The number of benzene rings is 5. The van der Waals surface area contributed by atoms with Gasteiger partial charge in [0, 0.05) is 33.7 Å². The number of hydrogen-bond donors (Lipinski definition) is 0. The van der Waals surface area contributed by atoms with Gasteiger partial charge in [0.2, 0.25) is 0 Å². The molecule has 0 N–H and O–H groups in total. The smallest absolute Gasteiger partial charge is 0.0321 e. The van der Waals surface area contributed by atoms with Gasteiger partial charge in [-0.15, -0.1) is 23.8 Å². The van der Waals surface area contributed by atoms with Gasteiger partial charge in [0.15, 0.2) is 0 Å². The molecule has 55 heavy (non-hydrogen) atoms. The van der Waals surface area contributed by atoms with E-state index in [1.165, 1.54) is 20.2 Å². The summed E-state index contributed by atoms with van der Waals surface area (Å²) in [7, 11) is 0. The number of nitrogens with zero attached hydrogens (tertiary/aromatic N) is 2. The van der Waals surface area contributed by atoms with Crippen LogP contribution in [0.5, 0.6) is 0 Å². The second kappa shape index (κ2) is 16.0. The molecule has 6 heteroatoms. The van der Waals surface area contributed by atoms with E-state index in [1.807, 2.05) is 112 Å². The molecule has 1 radical (unpaired) electrons. The maximum Gasteiger partial charge on any atom is 0.0321 e. The summed E-state index contributed by atoms with van der Waals surface area (Å²) in [4.78, 5) is 9.27. The number of furan rings is 1. The Kier molecular flexibility index (Phi) is 9.86. The predicted octanol–water partition coefficient (Wildman–Crippen LogP) is 13.1. The van der Waals surface area contributed by atoms with Crippen molar-refractivity contribution in [1.82, 2.24) is 9.97 Å². The van der Waals surface area contributed by atoms with Crippen molar-refractivity contribution in [3.8, 4) is 22.5 Å². The number of para-hydroxylation sites is 1. The van der Waals surface area contributed by atoms with Crippen molar-refractivity contribution in [2.24, 2.45) is 5.41 Å². The van der Waals surface area contributed by atoms with E-state index >= 15 is 0 Å². The van der Waals surface area contributed by atoms with Crippen LogP contribution in [0.2, 0.25) is 17.3 Å². The first kappa shape index (κ1) is 33.9. The van der Waals surface area contributed by atoms with E-state index in [9.17, 15) is 0 Å². The van der Waals surface area contributed by atoms with Gasteiger partial charge >= 0.3 is 183 Å². The van der Waals surface area contributed by atoms with Gasteiger partial charge in [-0.2, -0.15) is 11.3 Å². The molecule has 0 saturated carbocycles. The monoisotopic (exact) mass is 979 g/mol. The Balaban J connectivity index is 0.000000180. The molecule has 0 unspecified atom stereocenters. The van der Waals surface area contributed by atoms with Crippen LogP contribution in [0.3, 0.4) is 0 Å². The standard InChI is InChI=1S/C27H24GeNO.C22H20NS.Ir/c1-28(2,3)24-18-29-25(17-20(24)16-19-10-5-4-6-11-19)23-14-9-13-22-21-12-7-8-15-26(21)30-27(22)23;1-22(2,3)14-15-10-11-23-19(12-15)16-8-9-21-18(13-16)17-6-4-5-7-20(17)24-21;/h4-13,15,17-18H,16H2,1-3H3;4-7,9-13H,14H2,1-3H3;/q2*-1;/i16D2;14D2;. The Labute approximate surface area is 350 Å². The molecule has 0 aliphatic carbocycles. The predicted molar refractivity (Wildman–Crippen MR) is 233 cm³/mol. The second-order valence-electron chi connectivity index (χ2n) is 15.6. The zero-order valence-corrected chi connectivity index (χ0v) is 37.1. The number of fused-ring (bicyclic) bond motifs is 6. The van der Waals surface area contributed by atoms with Crippen molar-refractivity contribution in [2.45, 2.75) is 50.8 Å². The summed E-state index contributed by atoms with van der Waals surface area (Å²) in [5.74, 6) is 6.81. The van der Waals surface area contributed by atoms with E-state index in [2.05, 4.69) is 64.7 Å². The molecule has 0 saturated heterocycles. The molecule has 4 aromatic heterocycles. The average molecular weight is 978 g/mol. The van der Waals surface area contributed by atoms with Gasteiger partial charge in [0.25, 0.3) is 0 Å². The fourth-order valence-electron chi connectivity index (χ4n) is 6.76. The SMILES string of the molecule is [2H]C([2H])(c1ccccc1)c1cc(-c2[c-]ccc3c2oc2ccccc23)nc[c]1[Ge]([CH3])([CH3])[CH3].[2H]C([2H])(c1ccnc(-c2[c-]cc3sc4ccccc4c3c2)c1)C(C)(C)C.[Ir]. The molecule has 0 fully saturated rings. The first-order chi connectivity index (χ1) is 27.5. The van der Waals surface area contributed by atoms with E-state index < -0.39 is 31.4 Å². The minimum absolute atomic E-state index is 0. The molecule has 0 aliphatic rings. The zero-order chi connectivity index (χ0) is 41.0. The first-order valence-corrected chi connectivity index (χ1v) is 26.4. The van der Waals surface area contributed by atoms with Crippen LogP contribution >= 0.6 is 11.3 Å². The quantitative estimate of drug-likeness (QED) is 0.123. The van der Waals surface area contributed by atoms with Crippen LogP contribution < -0.4 is 4.40 Å². The number of rotatable bonds is 6. The van der Waals surface area contributed by atoms with Crippen molar-refractivity contribution in [1.29, 1.82) is 0 Å². The number of aromatic nitrogens is 2. The van der Waals surface area contributed by atoms with E-state index in [0.29, 0.717) is 22.4 Å². The van der Waals surface area contributed by atoms with E-state index in [0.717, 1.165) is 43.2 Å². The molecule has 0 atom stereocenters. The normalized spacial score (nSPS) is 13.4. The van der Waals surface area contributed by atoms with Crippen molar-refractivity contribution in [2.75, 3.05) is 0 Å². The van der Waals surface area contributed by atoms with Crippen LogP contribution in [0.1, 0.15) is 42.9 Å². The summed E-state index contributed by atoms with van der Waals surface area (Å²) in [5.41, 5.74) is 6.15. The van der Waals surface area contributed by atoms with Crippen molar-refractivity contribution in [3.05, 3.63) is 163 Å². The molecule has 4 heterocycles. The molecule has 3 nitrogen and oxygen atoms in total. The summed E-state index contributed by atoms with van der Waals surface area (Å²) >= 11 is -0.654. The van der Waals surface area contributed by atoms with E-state index in [4.69, 9.17) is 14.9 Å². The Morgan fingerprint density at radius 1 is 0.727 bits per heavy atom. The van der Waals surface area contributed by atoms with Crippen LogP contribution in [-0.4, -0.2) is 23.2 Å². The van der Waals surface area contributed by atoms with Gasteiger partial charge in [-0.05, 0) is 39.7 Å². The summed E-state index contributed by atoms with van der Waals surface area (Å²) < 4.78 is 44.9. The second-order valence-corrected chi connectivity index (χ2v) is 27.2. The Bertz CT molecular complexity index is 2950. The van der Waals surface area contributed by atoms with Gasteiger partial charge in [-0.1, -0.05) is 56.0 Å². The summed E-state index contributed by atoms with van der Waals surface area (Å²) in [6.45, 7) is 5.76. The maximum atomic E-state index is 9.07. The molecular formula is C49H44GeIrN2OS-2. The molecule has 277 valence electrons. The van der Waals surface area contributed by atoms with E-state index in [-0.39, 0.29) is 20.1 Å². The Morgan fingerprint density at radius 3 is 2.25 bits per heavy atom. The number of thiophene rings is 1. The van der Waals surface area contributed by atoms with Crippen LogP contribution in [0, 0.1) is 17.5 Å². The Morgan fingerprint density at radius 2 is 1.47 bits per heavy atom. The third-order valence-electron chi connectivity index (χ3n) is 9.22. The first-order valence-electron chi connectivity index (χ1n) is 20.2. The summed E-state index contributed by atoms with van der Waals surface area (Å²) in [5, 5.41) is 4.51. The molecule has 0 bridgehead atoms. The maximum absolute atomic E-state index is 9.07. The molecule has 9 aromatic rings. The van der Waals surface area contributed by atoms with Crippen LogP contribution in [-0.2, 0) is 32.9 Å². The molecule has 0 aliphatic heterocycles. The summed E-state index contributed by atoms with van der Waals surface area (Å²) in [6.07, 6.45) is 0.511. The fourth-order valence-corrected chi connectivity index (χ4v) is 10.8. The average Bonchev–Trinajstić information content (AvgIpc) is 3.79. The van der Waals surface area contributed by atoms with Crippen LogP contribution in [0.15, 0.2) is 138 Å². The third kappa shape index (κ3) is 8.56. The number of pyridine rings is 2. The van der Waals surface area contributed by atoms with Crippen molar-refractivity contribution >= 4 is 71.1 Å². The Hall–Kier alpha value is -4.39. The number of hydrogen-bond acceptors (Lipinski definition) is 4. The molecule has 9 rings (SSSR count). The zero-order valence-electron chi connectivity index (χ0n) is 35.7. The van der Waals surface area contributed by atoms with Crippen LogP contribution in [0.4, 0.5) is 0 Å². The van der Waals surface area contributed by atoms with Gasteiger partial charge in [0.1, 0.15) is 0 Å². The molecule has 0 spiro atoms. The van der Waals surface area contributed by atoms with Gasteiger partial charge in [0.05, 0.1) is 0 Å². The van der Waals surface area contributed by atoms with Crippen molar-refractivity contribution in [3.63, 3.8) is 0 Å². The molecule has 0 amide bonds. The van der Waals surface area contributed by atoms with Gasteiger partial charge in [-0.25, -0.2) is 0 Å². The summed E-state index contributed by atoms with van der Waals surface area (Å²) in [6, 6.07) is 46.0. The van der Waals surface area contributed by atoms with Crippen molar-refractivity contribution < 1.29 is 30.0 Å².